The summed E-state index contributed by atoms with van der Waals surface area (Å²) >= 11 is 5.68. The minimum atomic E-state index is 1.25. The molecule has 3 heterocycles. The molecule has 9 rings (SSSR count). The van der Waals surface area contributed by atoms with Crippen LogP contribution in [0.3, 0.4) is 0 Å². The minimum Gasteiger partial charge on any atom is -0.139 e. The van der Waals surface area contributed by atoms with Gasteiger partial charge in [0.25, 0.3) is 0 Å². The second kappa shape index (κ2) is 10.9. The first-order chi connectivity index (χ1) is 22.7. The number of rotatable bonds is 5. The average Bonchev–Trinajstić information content (AvgIpc) is 3.77. The zero-order valence-corrected chi connectivity index (χ0v) is 27.7. The Labute approximate surface area is 279 Å². The van der Waals surface area contributed by atoms with E-state index >= 15 is 0 Å². The molecule has 0 N–H and O–H groups in total. The van der Waals surface area contributed by atoms with Gasteiger partial charge >= 0.3 is 0 Å². The van der Waals surface area contributed by atoms with Gasteiger partial charge in [-0.15, -0.1) is 34.0 Å². The van der Waals surface area contributed by atoms with Crippen molar-refractivity contribution in [3.05, 3.63) is 150 Å². The van der Waals surface area contributed by atoms with Crippen molar-refractivity contribution in [1.82, 2.24) is 0 Å². The summed E-state index contributed by atoms with van der Waals surface area (Å²) < 4.78 is 6.67. The molecule has 0 radical (unpaired) electrons. The largest absolute Gasteiger partial charge is 0.139 e. The second-order valence-corrected chi connectivity index (χ2v) is 15.0. The fraction of sp³-hybridized carbons (Fsp3) is 0.0233. The van der Waals surface area contributed by atoms with Gasteiger partial charge in [-0.1, -0.05) is 116 Å². The molecule has 218 valence electrons. The third kappa shape index (κ3) is 4.31. The van der Waals surface area contributed by atoms with Crippen molar-refractivity contribution in [2.75, 3.05) is 0 Å². The Morgan fingerprint density at radius 3 is 1.41 bits per heavy atom. The molecule has 3 aromatic heterocycles. The quantitative estimate of drug-likeness (QED) is 0.164. The molecule has 9 aromatic rings. The summed E-state index contributed by atoms with van der Waals surface area (Å²) in [5, 5.41) is 6.60. The van der Waals surface area contributed by atoms with Crippen LogP contribution in [0.4, 0.5) is 0 Å². The predicted molar refractivity (Wildman–Crippen MR) is 208 cm³/mol. The molecule has 0 saturated carbocycles. The van der Waals surface area contributed by atoms with Gasteiger partial charge in [-0.25, -0.2) is 0 Å². The fourth-order valence-corrected chi connectivity index (χ4v) is 10.6. The Bertz CT molecular complexity index is 2540. The summed E-state index contributed by atoms with van der Waals surface area (Å²) in [5.41, 5.74) is 8.88. The van der Waals surface area contributed by atoms with Crippen molar-refractivity contribution in [1.29, 1.82) is 0 Å². The molecule has 0 aliphatic rings. The first-order valence-electron chi connectivity index (χ1n) is 15.5. The summed E-state index contributed by atoms with van der Waals surface area (Å²) in [5.74, 6) is 0. The van der Waals surface area contributed by atoms with Crippen molar-refractivity contribution in [2.24, 2.45) is 0 Å². The third-order valence-corrected chi connectivity index (χ3v) is 12.6. The highest BCUT2D eigenvalue weighted by atomic mass is 32.1. The number of hydrogen-bond donors (Lipinski definition) is 0. The maximum Gasteiger partial charge on any atom is 0.0433 e. The van der Waals surface area contributed by atoms with E-state index in [1.807, 2.05) is 46.2 Å². The lowest BCUT2D eigenvalue weighted by atomic mass is 9.91. The van der Waals surface area contributed by atoms with Crippen LogP contribution in [-0.2, 0) is 0 Å². The van der Waals surface area contributed by atoms with Crippen LogP contribution in [0.15, 0.2) is 140 Å². The maximum atomic E-state index is 3.90. The summed E-state index contributed by atoms with van der Waals surface area (Å²) in [6, 6.07) is 45.1. The Morgan fingerprint density at radius 1 is 0.478 bits per heavy atom. The zero-order chi connectivity index (χ0) is 30.8. The number of hydrogen-bond acceptors (Lipinski definition) is 3. The Hall–Kier alpha value is -4.80. The highest BCUT2D eigenvalue weighted by Gasteiger charge is 2.18. The molecule has 0 amide bonds. The molecule has 0 spiro atoms. The van der Waals surface area contributed by atoms with Gasteiger partial charge in [0, 0.05) is 55.3 Å². The third-order valence-electron chi connectivity index (χ3n) is 9.01. The van der Waals surface area contributed by atoms with Crippen molar-refractivity contribution in [3.63, 3.8) is 0 Å². The number of aryl methyl sites for hydroxylation is 1. The van der Waals surface area contributed by atoms with E-state index in [0.29, 0.717) is 0 Å². The SMILES string of the molecule is C=CC=Cc1c(C)sc2c(-c3cc(-c4cccc5c4sc4ccccc45)cc(-c4cccc5c4sc4ccccc45)c3)cccc12. The van der Waals surface area contributed by atoms with E-state index in [0.717, 1.165) is 0 Å². The van der Waals surface area contributed by atoms with Crippen molar-refractivity contribution >= 4 is 90.5 Å². The van der Waals surface area contributed by atoms with Crippen LogP contribution in [0.2, 0.25) is 0 Å². The van der Waals surface area contributed by atoms with Gasteiger partial charge in [-0.2, -0.15) is 0 Å². The normalized spacial score (nSPS) is 12.0. The molecule has 0 aliphatic heterocycles. The van der Waals surface area contributed by atoms with Crippen LogP contribution in [-0.4, -0.2) is 0 Å². The Morgan fingerprint density at radius 2 is 0.913 bits per heavy atom. The van der Waals surface area contributed by atoms with Crippen LogP contribution in [0.1, 0.15) is 10.4 Å². The first kappa shape index (κ1) is 27.5. The monoisotopic (exact) mass is 640 g/mol. The van der Waals surface area contributed by atoms with Crippen molar-refractivity contribution in [3.8, 4) is 33.4 Å². The van der Waals surface area contributed by atoms with Crippen LogP contribution in [0.25, 0.3) is 89.9 Å². The molecule has 6 aromatic carbocycles. The molecule has 0 saturated heterocycles. The second-order valence-electron chi connectivity index (χ2n) is 11.7. The van der Waals surface area contributed by atoms with Crippen molar-refractivity contribution in [2.45, 2.75) is 6.92 Å². The van der Waals surface area contributed by atoms with Crippen LogP contribution in [0.5, 0.6) is 0 Å². The Balaban J connectivity index is 1.35. The van der Waals surface area contributed by atoms with E-state index < -0.39 is 0 Å². The van der Waals surface area contributed by atoms with Crippen LogP contribution < -0.4 is 0 Å². The highest BCUT2D eigenvalue weighted by Crippen LogP contribution is 2.46. The molecule has 0 aliphatic carbocycles. The molecule has 0 bridgehead atoms. The maximum absolute atomic E-state index is 3.90. The van der Waals surface area contributed by atoms with Gasteiger partial charge in [0.05, 0.1) is 0 Å². The van der Waals surface area contributed by atoms with Gasteiger partial charge in [-0.05, 0) is 76.2 Å². The van der Waals surface area contributed by atoms with Gasteiger partial charge in [0.2, 0.25) is 0 Å². The Kier molecular flexibility index (Phi) is 6.53. The lowest BCUT2D eigenvalue weighted by Crippen LogP contribution is -1.87. The summed E-state index contributed by atoms with van der Waals surface area (Å²) in [4.78, 5) is 1.32. The van der Waals surface area contributed by atoms with E-state index in [9.17, 15) is 0 Å². The molecule has 0 fully saturated rings. The lowest BCUT2D eigenvalue weighted by molar-refractivity contribution is 1.61. The van der Waals surface area contributed by atoms with Gasteiger partial charge in [0.15, 0.2) is 0 Å². The van der Waals surface area contributed by atoms with Gasteiger partial charge in [-0.3, -0.25) is 0 Å². The smallest absolute Gasteiger partial charge is 0.0433 e. The molecule has 0 atom stereocenters. The number of thiophene rings is 3. The highest BCUT2D eigenvalue weighted by molar-refractivity contribution is 7.26. The summed E-state index contributed by atoms with van der Waals surface area (Å²) in [6.45, 7) is 6.13. The zero-order valence-electron chi connectivity index (χ0n) is 25.2. The first-order valence-corrected chi connectivity index (χ1v) is 17.9. The van der Waals surface area contributed by atoms with Crippen LogP contribution in [0, 0.1) is 6.92 Å². The molecule has 3 heteroatoms. The van der Waals surface area contributed by atoms with E-state index in [2.05, 4.69) is 141 Å². The number of allylic oxidation sites excluding steroid dienone is 2. The van der Waals surface area contributed by atoms with E-state index in [-0.39, 0.29) is 0 Å². The van der Waals surface area contributed by atoms with E-state index in [4.69, 9.17) is 0 Å². The molecule has 46 heavy (non-hydrogen) atoms. The average molecular weight is 641 g/mol. The minimum absolute atomic E-state index is 1.25. The van der Waals surface area contributed by atoms with Crippen molar-refractivity contribution < 1.29 is 0 Å². The van der Waals surface area contributed by atoms with E-state index in [1.54, 1.807) is 0 Å². The number of fused-ring (bicyclic) bond motifs is 7. The van der Waals surface area contributed by atoms with E-state index in [1.165, 1.54) is 94.3 Å². The summed E-state index contributed by atoms with van der Waals surface area (Å²) in [6.07, 6.45) is 6.08. The van der Waals surface area contributed by atoms with Crippen LogP contribution >= 0.6 is 34.0 Å². The molecular formula is C43H28S3. The van der Waals surface area contributed by atoms with Gasteiger partial charge < -0.3 is 0 Å². The fourth-order valence-electron chi connectivity index (χ4n) is 6.90. The lowest BCUT2D eigenvalue weighted by Gasteiger charge is -2.13. The molecular weight excluding hydrogens is 613 g/mol. The number of benzene rings is 6. The molecule has 0 nitrogen and oxygen atoms in total. The topological polar surface area (TPSA) is 0 Å². The molecule has 0 unspecified atom stereocenters. The standard InChI is InChI=1S/C43H28S3/c1-3-4-12-30-26(2)44-41-31(15-9-18-36(30)41)27-23-28(32-16-10-19-37-34-13-5-7-21-39(34)45-42(32)37)25-29(24-27)33-17-11-20-38-35-14-6-8-22-40(35)46-43(33)38/h3-25H,1H2,2H3. The summed E-state index contributed by atoms with van der Waals surface area (Å²) in [7, 11) is 0. The van der Waals surface area contributed by atoms with Gasteiger partial charge in [0.1, 0.15) is 0 Å². The predicted octanol–water partition coefficient (Wildman–Crippen LogP) is 14.1.